The molecule has 1 amide bonds. The van der Waals surface area contributed by atoms with Crippen molar-refractivity contribution in [3.63, 3.8) is 0 Å². The van der Waals surface area contributed by atoms with Crippen molar-refractivity contribution >= 4 is 21.9 Å². The van der Waals surface area contributed by atoms with Crippen LogP contribution in [0.2, 0.25) is 0 Å². The molecular formula is C24H27F3N2O5S. The summed E-state index contributed by atoms with van der Waals surface area (Å²) in [6.07, 6.45) is -5.70. The third kappa shape index (κ3) is 6.40. The zero-order valence-electron chi connectivity index (χ0n) is 19.4. The number of carbonyl (C=O) groups is 2. The van der Waals surface area contributed by atoms with Gasteiger partial charge in [0.2, 0.25) is 10.0 Å². The number of rotatable bonds is 7. The first-order valence-corrected chi connectivity index (χ1v) is 12.5. The number of ether oxygens (including phenoxy) is 1. The predicted molar refractivity (Wildman–Crippen MR) is 121 cm³/mol. The van der Waals surface area contributed by atoms with E-state index in [-0.39, 0.29) is 31.8 Å². The van der Waals surface area contributed by atoms with Gasteiger partial charge in [-0.05, 0) is 37.5 Å². The minimum atomic E-state index is -4.82. The van der Waals surface area contributed by atoms with Crippen molar-refractivity contribution < 1.29 is 35.9 Å². The van der Waals surface area contributed by atoms with Gasteiger partial charge in [0.05, 0.1) is 16.4 Å². The Morgan fingerprint density at radius 1 is 1.06 bits per heavy atom. The van der Waals surface area contributed by atoms with Crippen LogP contribution < -0.4 is 0 Å². The fourth-order valence-electron chi connectivity index (χ4n) is 3.96. The molecule has 0 radical (unpaired) electrons. The number of piperidine rings is 1. The lowest BCUT2D eigenvalue weighted by atomic mass is 9.98. The van der Waals surface area contributed by atoms with Gasteiger partial charge in [0.25, 0.3) is 5.91 Å². The third-order valence-corrected chi connectivity index (χ3v) is 7.83. The molecule has 0 aromatic heterocycles. The first kappa shape index (κ1) is 26.7. The molecule has 1 aliphatic heterocycles. The second kappa shape index (κ2) is 10.8. The molecule has 0 spiro atoms. The van der Waals surface area contributed by atoms with Crippen LogP contribution in [0.5, 0.6) is 0 Å². The minimum absolute atomic E-state index is 0.0764. The normalized spacial score (nSPS) is 16.5. The lowest BCUT2D eigenvalue weighted by molar-refractivity contribution is -0.163. The van der Waals surface area contributed by atoms with Crippen molar-refractivity contribution in [2.24, 2.45) is 5.92 Å². The van der Waals surface area contributed by atoms with Crippen molar-refractivity contribution in [3.05, 3.63) is 65.7 Å². The molecular weight excluding hydrogens is 485 g/mol. The SMILES string of the molecule is C[C@H](OC(=O)C1CCN(S(=O)(=O)c2ccccc2C(F)(F)F)CC1)C(=O)N(C)Cc1ccccc1. The maximum Gasteiger partial charge on any atom is 0.417 e. The van der Waals surface area contributed by atoms with E-state index >= 15 is 0 Å². The highest BCUT2D eigenvalue weighted by Gasteiger charge is 2.40. The van der Waals surface area contributed by atoms with Gasteiger partial charge in [-0.15, -0.1) is 0 Å². The van der Waals surface area contributed by atoms with Gasteiger partial charge in [-0.1, -0.05) is 42.5 Å². The lowest BCUT2D eigenvalue weighted by Crippen LogP contribution is -2.43. The fraction of sp³-hybridized carbons (Fsp3) is 0.417. The number of amides is 1. The largest absolute Gasteiger partial charge is 0.452 e. The zero-order valence-corrected chi connectivity index (χ0v) is 20.2. The summed E-state index contributed by atoms with van der Waals surface area (Å²) in [5.74, 6) is -1.67. The molecule has 3 rings (SSSR count). The maximum absolute atomic E-state index is 13.3. The van der Waals surface area contributed by atoms with Crippen molar-refractivity contribution in [2.75, 3.05) is 20.1 Å². The summed E-state index contributed by atoms with van der Waals surface area (Å²) < 4.78 is 72.0. The average Bonchev–Trinajstić information content (AvgIpc) is 2.83. The van der Waals surface area contributed by atoms with Crippen LogP contribution in [0.3, 0.4) is 0 Å². The molecule has 1 saturated heterocycles. The molecule has 190 valence electrons. The number of hydrogen-bond donors (Lipinski definition) is 0. The van der Waals surface area contributed by atoms with E-state index in [2.05, 4.69) is 0 Å². The molecule has 1 aliphatic rings. The molecule has 1 atom stereocenters. The van der Waals surface area contributed by atoms with Crippen molar-refractivity contribution in [1.82, 2.24) is 9.21 Å². The highest BCUT2D eigenvalue weighted by Crippen LogP contribution is 2.36. The van der Waals surface area contributed by atoms with Crippen LogP contribution >= 0.6 is 0 Å². The molecule has 0 aliphatic carbocycles. The summed E-state index contributed by atoms with van der Waals surface area (Å²) in [6.45, 7) is 1.54. The number of halogens is 3. The molecule has 7 nitrogen and oxygen atoms in total. The Labute approximate surface area is 202 Å². The monoisotopic (exact) mass is 512 g/mol. The number of alkyl halides is 3. The Bertz CT molecular complexity index is 1150. The third-order valence-electron chi connectivity index (χ3n) is 5.88. The Balaban J connectivity index is 1.58. The Morgan fingerprint density at radius 3 is 2.23 bits per heavy atom. The first-order valence-electron chi connectivity index (χ1n) is 11.1. The summed E-state index contributed by atoms with van der Waals surface area (Å²) in [5.41, 5.74) is -0.309. The van der Waals surface area contributed by atoms with E-state index in [4.69, 9.17) is 4.74 Å². The van der Waals surface area contributed by atoms with Crippen LogP contribution in [0.25, 0.3) is 0 Å². The highest BCUT2D eigenvalue weighted by molar-refractivity contribution is 7.89. The van der Waals surface area contributed by atoms with E-state index in [0.29, 0.717) is 6.54 Å². The van der Waals surface area contributed by atoms with E-state index in [1.165, 1.54) is 17.9 Å². The van der Waals surface area contributed by atoms with Crippen LogP contribution in [-0.4, -0.2) is 55.7 Å². The van der Waals surface area contributed by atoms with Gasteiger partial charge in [-0.3, -0.25) is 9.59 Å². The van der Waals surface area contributed by atoms with Gasteiger partial charge >= 0.3 is 12.1 Å². The molecule has 11 heteroatoms. The van der Waals surface area contributed by atoms with Crippen LogP contribution in [0.15, 0.2) is 59.5 Å². The molecule has 1 heterocycles. The van der Waals surface area contributed by atoms with Crippen LogP contribution in [0, 0.1) is 5.92 Å². The summed E-state index contributed by atoms with van der Waals surface area (Å²) in [5, 5.41) is 0. The second-order valence-corrected chi connectivity index (χ2v) is 10.3. The number of esters is 1. The van der Waals surface area contributed by atoms with Gasteiger partial charge in [-0.2, -0.15) is 17.5 Å². The predicted octanol–water partition coefficient (Wildman–Crippen LogP) is 3.70. The van der Waals surface area contributed by atoms with Gasteiger partial charge in [0, 0.05) is 26.7 Å². The summed E-state index contributed by atoms with van der Waals surface area (Å²) in [6, 6.07) is 13.3. The molecule has 0 saturated carbocycles. The molecule has 0 N–H and O–H groups in total. The van der Waals surface area contributed by atoms with E-state index in [0.717, 1.165) is 28.1 Å². The highest BCUT2D eigenvalue weighted by atomic mass is 32.2. The van der Waals surface area contributed by atoms with E-state index in [9.17, 15) is 31.2 Å². The number of carbonyl (C=O) groups excluding carboxylic acids is 2. The van der Waals surface area contributed by atoms with Gasteiger partial charge in [-0.25, -0.2) is 8.42 Å². The number of hydrogen-bond acceptors (Lipinski definition) is 5. The summed E-state index contributed by atoms with van der Waals surface area (Å²) in [4.78, 5) is 25.8. The summed E-state index contributed by atoms with van der Waals surface area (Å²) in [7, 11) is -2.80. The van der Waals surface area contributed by atoms with Gasteiger partial charge in [0.1, 0.15) is 0 Å². The molecule has 2 aromatic rings. The maximum atomic E-state index is 13.3. The van der Waals surface area contributed by atoms with Crippen molar-refractivity contribution in [2.45, 2.75) is 43.5 Å². The van der Waals surface area contributed by atoms with Crippen LogP contribution in [0.4, 0.5) is 13.2 Å². The smallest absolute Gasteiger partial charge is 0.417 e. The van der Waals surface area contributed by atoms with Crippen molar-refractivity contribution in [1.29, 1.82) is 0 Å². The van der Waals surface area contributed by atoms with Crippen LogP contribution in [-0.2, 0) is 37.1 Å². The van der Waals surface area contributed by atoms with E-state index in [1.807, 2.05) is 30.3 Å². The standard InChI is InChI=1S/C24H27F3N2O5S/c1-17(22(30)28(2)16-18-8-4-3-5-9-18)34-23(31)19-12-14-29(15-13-19)35(32,33)21-11-7-6-10-20(21)24(25,26)27/h3-11,17,19H,12-16H2,1-2H3/t17-/m0/s1. The Kier molecular flexibility index (Phi) is 8.22. The molecule has 2 aromatic carbocycles. The summed E-state index contributed by atoms with van der Waals surface area (Å²) >= 11 is 0. The number of sulfonamides is 1. The zero-order chi connectivity index (χ0) is 25.8. The van der Waals surface area contributed by atoms with Gasteiger partial charge in [0.15, 0.2) is 6.10 Å². The second-order valence-electron chi connectivity index (χ2n) is 8.43. The topological polar surface area (TPSA) is 84.0 Å². The van der Waals surface area contributed by atoms with Crippen molar-refractivity contribution in [3.8, 4) is 0 Å². The average molecular weight is 513 g/mol. The van der Waals surface area contributed by atoms with Crippen LogP contribution in [0.1, 0.15) is 30.9 Å². The number of nitrogens with zero attached hydrogens (tertiary/aromatic N) is 2. The number of likely N-dealkylation sites (N-methyl/N-ethyl adjacent to an activating group) is 1. The van der Waals surface area contributed by atoms with E-state index in [1.54, 1.807) is 7.05 Å². The molecule has 0 unspecified atom stereocenters. The molecule has 0 bridgehead atoms. The lowest BCUT2D eigenvalue weighted by Gasteiger charge is -2.31. The number of benzene rings is 2. The quantitative estimate of drug-likeness (QED) is 0.529. The Hall–Kier alpha value is -2.92. The first-order chi connectivity index (χ1) is 16.4. The van der Waals surface area contributed by atoms with Gasteiger partial charge < -0.3 is 9.64 Å². The fourth-order valence-corrected chi connectivity index (χ4v) is 5.65. The molecule has 1 fully saturated rings. The Morgan fingerprint density at radius 2 is 1.63 bits per heavy atom. The molecule has 35 heavy (non-hydrogen) atoms. The van der Waals surface area contributed by atoms with E-state index < -0.39 is 44.6 Å². The minimum Gasteiger partial charge on any atom is -0.452 e.